The van der Waals surface area contributed by atoms with Crippen LogP contribution in [0.15, 0.2) is 48.6 Å². The van der Waals surface area contributed by atoms with Crippen LogP contribution in [0.25, 0.3) is 0 Å². The van der Waals surface area contributed by atoms with E-state index in [1.807, 2.05) is 0 Å². The van der Waals surface area contributed by atoms with Crippen LogP contribution < -0.4 is 5.32 Å². The Morgan fingerprint density at radius 3 is 1.05 bits per heavy atom. The summed E-state index contributed by atoms with van der Waals surface area (Å²) in [6.07, 6.45) is 84.3. The third-order valence-electron chi connectivity index (χ3n) is 15.6. The van der Waals surface area contributed by atoms with Gasteiger partial charge in [-0.3, -0.25) is 9.59 Å². The average molecular weight is 1070 g/mol. The van der Waals surface area contributed by atoms with Crippen LogP contribution in [0.2, 0.25) is 0 Å². The number of aliphatic hydroxyl groups is 2. The number of hydrogen-bond acceptors (Lipinski definition) is 5. The number of ether oxygens (including phenoxy) is 1. The predicted octanol–water partition coefficient (Wildman–Crippen LogP) is 21.7. The van der Waals surface area contributed by atoms with E-state index in [1.54, 1.807) is 0 Å². The second kappa shape index (κ2) is 65.3. The molecule has 6 nitrogen and oxygen atoms in total. The SMILES string of the molecule is CCC/C=C\C/C=C\CCCCCCCC(=O)OCCCCCCCCCCC/C=C\C/C=C\CCCCCCCCCCCCCC(=O)NC(CO)C(O)CCCCCCCCCCCCCCCCCCCCC. The summed E-state index contributed by atoms with van der Waals surface area (Å²) in [5, 5.41) is 23.4. The van der Waals surface area contributed by atoms with Crippen LogP contribution in [0.1, 0.15) is 361 Å². The number of amides is 1. The van der Waals surface area contributed by atoms with Crippen molar-refractivity contribution in [2.24, 2.45) is 0 Å². The smallest absolute Gasteiger partial charge is 0.305 e. The highest BCUT2D eigenvalue weighted by atomic mass is 16.5. The van der Waals surface area contributed by atoms with Gasteiger partial charge in [0.25, 0.3) is 0 Å². The molecule has 446 valence electrons. The maximum atomic E-state index is 12.5. The average Bonchev–Trinajstić information content (AvgIpc) is 3.42. The maximum Gasteiger partial charge on any atom is 0.305 e. The molecule has 0 saturated carbocycles. The molecule has 0 radical (unpaired) electrons. The van der Waals surface area contributed by atoms with Crippen molar-refractivity contribution in [1.82, 2.24) is 5.32 Å². The van der Waals surface area contributed by atoms with Crippen LogP contribution in [0.5, 0.6) is 0 Å². The monoisotopic (exact) mass is 1070 g/mol. The largest absolute Gasteiger partial charge is 0.466 e. The van der Waals surface area contributed by atoms with Gasteiger partial charge in [-0.25, -0.2) is 0 Å². The third kappa shape index (κ3) is 61.0. The highest BCUT2D eigenvalue weighted by molar-refractivity contribution is 5.76. The van der Waals surface area contributed by atoms with E-state index < -0.39 is 12.1 Å². The fourth-order valence-corrected chi connectivity index (χ4v) is 10.4. The van der Waals surface area contributed by atoms with Gasteiger partial charge in [0.1, 0.15) is 0 Å². The van der Waals surface area contributed by atoms with Gasteiger partial charge in [0.15, 0.2) is 0 Å². The minimum Gasteiger partial charge on any atom is -0.466 e. The van der Waals surface area contributed by atoms with Gasteiger partial charge in [-0.15, -0.1) is 0 Å². The summed E-state index contributed by atoms with van der Waals surface area (Å²) in [5.41, 5.74) is 0. The summed E-state index contributed by atoms with van der Waals surface area (Å²) >= 11 is 0. The molecular formula is C70H131NO5. The van der Waals surface area contributed by atoms with Crippen molar-refractivity contribution >= 4 is 11.9 Å². The van der Waals surface area contributed by atoms with Crippen LogP contribution in [0.3, 0.4) is 0 Å². The van der Waals surface area contributed by atoms with E-state index in [0.717, 1.165) is 57.8 Å². The molecule has 2 atom stereocenters. The van der Waals surface area contributed by atoms with Crippen molar-refractivity contribution in [3.8, 4) is 0 Å². The number of carbonyl (C=O) groups excluding carboxylic acids is 2. The van der Waals surface area contributed by atoms with Crippen molar-refractivity contribution < 1.29 is 24.5 Å². The number of unbranched alkanes of at least 4 members (excludes halogenated alkanes) is 44. The molecule has 2 unspecified atom stereocenters. The molecule has 0 aliphatic carbocycles. The van der Waals surface area contributed by atoms with Gasteiger partial charge in [0, 0.05) is 12.8 Å². The lowest BCUT2D eigenvalue weighted by molar-refractivity contribution is -0.143. The standard InChI is InChI=1S/C70H131NO5/c1-3-5-7-9-11-13-15-17-18-19-29-32-35-39-42-46-50-54-58-62-68(73)67(66-72)71-69(74)63-59-55-51-47-43-40-36-33-30-27-25-23-21-20-22-24-26-28-31-34-37-41-45-49-53-57-61-65-76-70(75)64-60-56-52-48-44-38-16-14-12-10-8-6-4-2/h8,10,14,16,20-21,24,26,67-68,72-73H,3-7,9,11-13,15,17-19,22-23,25,27-66H2,1-2H3,(H,71,74)/b10-8-,16-14-,21-20-,26-24-. The van der Waals surface area contributed by atoms with E-state index in [-0.39, 0.29) is 18.5 Å². The molecule has 3 N–H and O–H groups in total. The molecule has 1 amide bonds. The molecule has 76 heavy (non-hydrogen) atoms. The second-order valence-corrected chi connectivity index (χ2v) is 23.1. The van der Waals surface area contributed by atoms with Gasteiger partial charge in [0.05, 0.1) is 25.4 Å². The molecule has 0 rings (SSSR count). The van der Waals surface area contributed by atoms with Gasteiger partial charge >= 0.3 is 5.97 Å². The summed E-state index contributed by atoms with van der Waals surface area (Å²) in [6.45, 7) is 4.90. The summed E-state index contributed by atoms with van der Waals surface area (Å²) in [7, 11) is 0. The van der Waals surface area contributed by atoms with E-state index in [9.17, 15) is 19.8 Å². The van der Waals surface area contributed by atoms with Crippen molar-refractivity contribution in [2.75, 3.05) is 13.2 Å². The summed E-state index contributed by atoms with van der Waals surface area (Å²) in [5.74, 6) is -0.0402. The molecule has 0 aliphatic heterocycles. The quantitative estimate of drug-likeness (QED) is 0.0320. The van der Waals surface area contributed by atoms with E-state index in [1.165, 1.54) is 270 Å². The lowest BCUT2D eigenvalue weighted by Gasteiger charge is -2.22. The van der Waals surface area contributed by atoms with Crippen LogP contribution in [0, 0.1) is 0 Å². The molecule has 0 aliphatic rings. The highest BCUT2D eigenvalue weighted by Gasteiger charge is 2.20. The van der Waals surface area contributed by atoms with Gasteiger partial charge < -0.3 is 20.3 Å². The van der Waals surface area contributed by atoms with Crippen molar-refractivity contribution in [2.45, 2.75) is 373 Å². The van der Waals surface area contributed by atoms with Gasteiger partial charge in [0.2, 0.25) is 5.91 Å². The number of hydrogen-bond donors (Lipinski definition) is 3. The minimum absolute atomic E-state index is 0.00475. The van der Waals surface area contributed by atoms with Gasteiger partial charge in [-0.1, -0.05) is 313 Å². The maximum absolute atomic E-state index is 12.5. The predicted molar refractivity (Wildman–Crippen MR) is 333 cm³/mol. The third-order valence-corrected chi connectivity index (χ3v) is 15.6. The van der Waals surface area contributed by atoms with E-state index in [0.29, 0.717) is 25.9 Å². The molecule has 0 saturated heterocycles. The Kier molecular flexibility index (Phi) is 63.5. The molecule has 0 heterocycles. The molecule has 0 spiro atoms. The van der Waals surface area contributed by atoms with Gasteiger partial charge in [-0.05, 0) is 83.5 Å². The van der Waals surface area contributed by atoms with E-state index in [2.05, 4.69) is 67.8 Å². The van der Waals surface area contributed by atoms with Crippen LogP contribution in [-0.2, 0) is 14.3 Å². The first kappa shape index (κ1) is 73.8. The first-order chi connectivity index (χ1) is 37.5. The number of carbonyl (C=O) groups is 2. The first-order valence-electron chi connectivity index (χ1n) is 33.9. The summed E-state index contributed by atoms with van der Waals surface area (Å²) in [6, 6.07) is -0.545. The number of allylic oxidation sites excluding steroid dienone is 8. The molecule has 0 aromatic heterocycles. The van der Waals surface area contributed by atoms with Crippen LogP contribution >= 0.6 is 0 Å². The van der Waals surface area contributed by atoms with E-state index >= 15 is 0 Å². The molecule has 0 aromatic carbocycles. The Balaban J connectivity index is 3.43. The van der Waals surface area contributed by atoms with Gasteiger partial charge in [-0.2, -0.15) is 0 Å². The Hall–Kier alpha value is -2.18. The molecular weight excluding hydrogens is 935 g/mol. The number of nitrogens with one attached hydrogen (secondary N) is 1. The number of aliphatic hydroxyl groups excluding tert-OH is 2. The number of rotatable bonds is 63. The molecule has 0 bridgehead atoms. The van der Waals surface area contributed by atoms with Crippen molar-refractivity contribution in [1.29, 1.82) is 0 Å². The topological polar surface area (TPSA) is 95.9 Å². The van der Waals surface area contributed by atoms with Crippen LogP contribution in [0.4, 0.5) is 0 Å². The van der Waals surface area contributed by atoms with Crippen molar-refractivity contribution in [3.63, 3.8) is 0 Å². The molecule has 6 heteroatoms. The Labute approximate surface area is 474 Å². The lowest BCUT2D eigenvalue weighted by Crippen LogP contribution is -2.45. The summed E-state index contributed by atoms with van der Waals surface area (Å²) < 4.78 is 5.47. The minimum atomic E-state index is -0.668. The molecule has 0 fully saturated rings. The summed E-state index contributed by atoms with van der Waals surface area (Å²) in [4.78, 5) is 24.6. The zero-order chi connectivity index (χ0) is 55.0. The first-order valence-corrected chi connectivity index (χ1v) is 33.9. The lowest BCUT2D eigenvalue weighted by atomic mass is 10.0. The molecule has 0 aromatic rings. The second-order valence-electron chi connectivity index (χ2n) is 23.1. The zero-order valence-electron chi connectivity index (χ0n) is 51.0. The fourth-order valence-electron chi connectivity index (χ4n) is 10.4. The Morgan fingerprint density at radius 2 is 0.684 bits per heavy atom. The Morgan fingerprint density at radius 1 is 0.368 bits per heavy atom. The zero-order valence-corrected chi connectivity index (χ0v) is 51.0. The van der Waals surface area contributed by atoms with Crippen molar-refractivity contribution in [3.05, 3.63) is 48.6 Å². The normalized spacial score (nSPS) is 12.8. The van der Waals surface area contributed by atoms with Crippen LogP contribution in [-0.4, -0.2) is 47.4 Å². The number of esters is 1. The highest BCUT2D eigenvalue weighted by Crippen LogP contribution is 2.18. The fraction of sp³-hybridized carbons (Fsp3) is 0.857. The Bertz CT molecular complexity index is 1270. The van der Waals surface area contributed by atoms with E-state index in [4.69, 9.17) is 4.74 Å².